The third-order valence-corrected chi connectivity index (χ3v) is 4.88. The fourth-order valence-corrected chi connectivity index (χ4v) is 4.07. The normalized spacial score (nSPS) is 19.4. The second kappa shape index (κ2) is 4.72. The molecule has 0 spiro atoms. The monoisotopic (exact) mass is 285 g/mol. The van der Waals surface area contributed by atoms with Crippen LogP contribution in [0.4, 0.5) is 5.00 Å². The first-order valence-corrected chi connectivity index (χ1v) is 7.48. The molecule has 0 unspecified atom stereocenters. The molecular weight excluding hydrogens is 270 g/mol. The quantitative estimate of drug-likeness (QED) is 0.842. The van der Waals surface area contributed by atoms with Crippen LogP contribution in [0, 0.1) is 0 Å². The number of alkyl halides is 1. The number of nitrogens with zero attached hydrogens (tertiary/aromatic N) is 2. The number of likely N-dealkylation sites (N-methyl/N-ethyl adjacent to an activating group) is 1. The third kappa shape index (κ3) is 1.90. The Bertz CT molecular complexity index is 488. The molecule has 18 heavy (non-hydrogen) atoms. The summed E-state index contributed by atoms with van der Waals surface area (Å²) in [6.07, 6.45) is 0.972. The lowest BCUT2D eigenvalue weighted by molar-refractivity contribution is 0.0767. The predicted octanol–water partition coefficient (Wildman–Crippen LogP) is 1.80. The van der Waals surface area contributed by atoms with Crippen LogP contribution >= 0.6 is 22.9 Å². The largest absolute Gasteiger partial charge is 0.359 e. The van der Waals surface area contributed by atoms with Gasteiger partial charge in [-0.2, -0.15) is 0 Å². The van der Waals surface area contributed by atoms with Crippen molar-refractivity contribution in [2.45, 2.75) is 13.0 Å². The van der Waals surface area contributed by atoms with Gasteiger partial charge in [-0.1, -0.05) is 0 Å². The van der Waals surface area contributed by atoms with Gasteiger partial charge in [-0.3, -0.25) is 4.79 Å². The highest BCUT2D eigenvalue weighted by molar-refractivity contribution is 7.16. The minimum absolute atomic E-state index is 0.145. The van der Waals surface area contributed by atoms with Gasteiger partial charge in [0.2, 0.25) is 0 Å². The maximum Gasteiger partial charge on any atom is 0.258 e. The smallest absolute Gasteiger partial charge is 0.258 e. The summed E-state index contributed by atoms with van der Waals surface area (Å²) in [4.78, 5) is 17.9. The van der Waals surface area contributed by atoms with E-state index >= 15 is 0 Å². The van der Waals surface area contributed by atoms with E-state index in [1.54, 1.807) is 16.2 Å². The fourth-order valence-electron chi connectivity index (χ4n) is 2.56. The van der Waals surface area contributed by atoms with Crippen LogP contribution < -0.4 is 5.32 Å². The zero-order valence-corrected chi connectivity index (χ0v) is 11.9. The van der Waals surface area contributed by atoms with Crippen molar-refractivity contribution in [1.82, 2.24) is 9.80 Å². The van der Waals surface area contributed by atoms with Gasteiger partial charge in [0.05, 0.1) is 12.2 Å². The topological polar surface area (TPSA) is 35.6 Å². The van der Waals surface area contributed by atoms with Gasteiger partial charge in [0, 0.05) is 30.4 Å². The van der Waals surface area contributed by atoms with Crippen molar-refractivity contribution in [2.75, 3.05) is 38.0 Å². The summed E-state index contributed by atoms with van der Waals surface area (Å²) in [5.74, 6) is 0.629. The molecular formula is C12H16ClN3OS. The maximum atomic E-state index is 12.4. The zero-order chi connectivity index (χ0) is 12.7. The molecule has 0 saturated heterocycles. The molecule has 6 heteroatoms. The molecule has 0 aliphatic carbocycles. The Kier molecular flexibility index (Phi) is 3.21. The molecule has 0 fully saturated rings. The minimum Gasteiger partial charge on any atom is -0.359 e. The van der Waals surface area contributed by atoms with Crippen LogP contribution in [0.5, 0.6) is 0 Å². The van der Waals surface area contributed by atoms with Crippen molar-refractivity contribution in [3.05, 3.63) is 16.0 Å². The highest BCUT2D eigenvalue weighted by Crippen LogP contribution is 2.39. The Hall–Kier alpha value is -0.780. The first kappa shape index (κ1) is 12.3. The Labute approximate surface area is 116 Å². The molecule has 1 aromatic rings. The number of hydrogen-bond donors (Lipinski definition) is 1. The summed E-state index contributed by atoms with van der Waals surface area (Å²) < 4.78 is 0. The lowest BCUT2D eigenvalue weighted by atomic mass is 10.0. The molecule has 0 saturated carbocycles. The van der Waals surface area contributed by atoms with Gasteiger partial charge in [-0.25, -0.2) is 0 Å². The van der Waals surface area contributed by atoms with Crippen LogP contribution in [-0.4, -0.2) is 48.4 Å². The highest BCUT2D eigenvalue weighted by Gasteiger charge is 2.32. The van der Waals surface area contributed by atoms with Crippen LogP contribution in [-0.2, 0) is 13.0 Å². The molecule has 4 nitrogen and oxygen atoms in total. The number of nitrogens with one attached hydrogen (secondary N) is 1. The van der Waals surface area contributed by atoms with E-state index in [4.69, 9.17) is 11.6 Å². The molecule has 2 aliphatic heterocycles. The Morgan fingerprint density at radius 3 is 3.11 bits per heavy atom. The van der Waals surface area contributed by atoms with Crippen LogP contribution in [0.2, 0.25) is 0 Å². The van der Waals surface area contributed by atoms with Crippen molar-refractivity contribution in [3.8, 4) is 0 Å². The van der Waals surface area contributed by atoms with E-state index in [0.717, 1.165) is 30.1 Å². The van der Waals surface area contributed by atoms with Gasteiger partial charge in [0.25, 0.3) is 5.91 Å². The van der Waals surface area contributed by atoms with Crippen molar-refractivity contribution in [3.63, 3.8) is 0 Å². The summed E-state index contributed by atoms with van der Waals surface area (Å²) in [5.41, 5.74) is 2.16. The first-order chi connectivity index (χ1) is 8.70. The van der Waals surface area contributed by atoms with Gasteiger partial charge >= 0.3 is 0 Å². The van der Waals surface area contributed by atoms with Crippen LogP contribution in [0.15, 0.2) is 0 Å². The standard InChI is InChI=1S/C12H16ClN3OS/c1-15-4-2-8-9(6-15)18-11-10(8)12(17)16(5-3-13)7-14-11/h14H,2-7H2,1H3. The lowest BCUT2D eigenvalue weighted by Gasteiger charge is -2.28. The number of carbonyl (C=O) groups is 1. The summed E-state index contributed by atoms with van der Waals surface area (Å²) in [5, 5.41) is 4.39. The van der Waals surface area contributed by atoms with Crippen LogP contribution in [0.25, 0.3) is 0 Å². The summed E-state index contributed by atoms with van der Waals surface area (Å²) in [6, 6.07) is 0. The maximum absolute atomic E-state index is 12.4. The number of carbonyl (C=O) groups excluding carboxylic acids is 1. The van der Waals surface area contributed by atoms with E-state index in [9.17, 15) is 4.79 Å². The van der Waals surface area contributed by atoms with Gasteiger partial charge in [0.1, 0.15) is 5.00 Å². The van der Waals surface area contributed by atoms with E-state index in [1.165, 1.54) is 10.4 Å². The molecule has 0 radical (unpaired) electrons. The molecule has 0 aromatic carbocycles. The molecule has 0 atom stereocenters. The molecule has 98 valence electrons. The minimum atomic E-state index is 0.145. The average molecular weight is 286 g/mol. The lowest BCUT2D eigenvalue weighted by Crippen LogP contribution is -2.41. The third-order valence-electron chi connectivity index (χ3n) is 3.53. The number of anilines is 1. The highest BCUT2D eigenvalue weighted by atomic mass is 35.5. The van der Waals surface area contributed by atoms with E-state index in [1.807, 2.05) is 0 Å². The number of hydrogen-bond acceptors (Lipinski definition) is 4. The number of rotatable bonds is 2. The Morgan fingerprint density at radius 1 is 1.50 bits per heavy atom. The van der Waals surface area contributed by atoms with Crippen molar-refractivity contribution in [2.24, 2.45) is 0 Å². The van der Waals surface area contributed by atoms with Gasteiger partial charge in [0.15, 0.2) is 0 Å². The number of halogens is 1. The number of amides is 1. The van der Waals surface area contributed by atoms with E-state index < -0.39 is 0 Å². The molecule has 1 N–H and O–H groups in total. The van der Waals surface area contributed by atoms with E-state index in [-0.39, 0.29) is 5.91 Å². The van der Waals surface area contributed by atoms with Gasteiger partial charge in [-0.05, 0) is 19.0 Å². The molecule has 3 heterocycles. The molecule has 2 aliphatic rings. The molecule has 3 rings (SSSR count). The fraction of sp³-hybridized carbons (Fsp3) is 0.583. The second-order valence-electron chi connectivity index (χ2n) is 4.79. The van der Waals surface area contributed by atoms with Crippen molar-refractivity contribution >= 4 is 33.8 Å². The molecule has 1 aromatic heterocycles. The van der Waals surface area contributed by atoms with Crippen LogP contribution in [0.1, 0.15) is 20.8 Å². The van der Waals surface area contributed by atoms with Gasteiger partial charge < -0.3 is 15.1 Å². The second-order valence-corrected chi connectivity index (χ2v) is 6.27. The molecule has 1 amide bonds. The number of fused-ring (bicyclic) bond motifs is 3. The number of thiophene rings is 1. The van der Waals surface area contributed by atoms with E-state index in [0.29, 0.717) is 19.1 Å². The van der Waals surface area contributed by atoms with Gasteiger partial charge in [-0.15, -0.1) is 22.9 Å². The van der Waals surface area contributed by atoms with Crippen LogP contribution in [0.3, 0.4) is 0 Å². The summed E-state index contributed by atoms with van der Waals surface area (Å²) >= 11 is 7.47. The van der Waals surface area contributed by atoms with Crippen molar-refractivity contribution < 1.29 is 4.79 Å². The Morgan fingerprint density at radius 2 is 2.33 bits per heavy atom. The Balaban J connectivity index is 1.97. The zero-order valence-electron chi connectivity index (χ0n) is 10.3. The summed E-state index contributed by atoms with van der Waals surface area (Å²) in [7, 11) is 2.12. The molecule has 0 bridgehead atoms. The van der Waals surface area contributed by atoms with Crippen molar-refractivity contribution in [1.29, 1.82) is 0 Å². The average Bonchev–Trinajstić information content (AvgIpc) is 2.71. The SMILES string of the molecule is CN1CCc2c(sc3c2C(=O)N(CCCl)CN3)C1. The predicted molar refractivity (Wildman–Crippen MR) is 74.6 cm³/mol. The van der Waals surface area contributed by atoms with E-state index in [2.05, 4.69) is 17.3 Å². The summed E-state index contributed by atoms with van der Waals surface area (Å²) in [6.45, 7) is 3.17. The first-order valence-electron chi connectivity index (χ1n) is 6.13.